The first kappa shape index (κ1) is 31.5. The fourth-order valence-corrected chi connectivity index (χ4v) is 5.00. The Hall–Kier alpha value is -3.01. The predicted octanol–water partition coefficient (Wildman–Crippen LogP) is 4.40. The van der Waals surface area contributed by atoms with Crippen LogP contribution in [0.2, 0.25) is 0 Å². The lowest BCUT2D eigenvalue weighted by Crippen LogP contribution is -2.58. The molecule has 0 aromatic heterocycles. The van der Waals surface area contributed by atoms with Crippen molar-refractivity contribution in [3.8, 4) is 11.5 Å². The summed E-state index contributed by atoms with van der Waals surface area (Å²) in [5.74, 6) is 0.839. The molecular formula is C30H47N3O7. The molecule has 2 fully saturated rings. The standard InChI is InChI=1S/C30H47N3O7/c1-20(2)33(28(35)21-9-14-25(38-7)26(17-21)39-16-8-15-37-6)24-13-12-23(18-27(34)31-22-10-11-22)32(19-24)29(36)40-30(3,4)5/h9,14,17,20,22-24H,8,10-13,15-16,18-19H2,1-7H3,(H,31,34)/t23-,24-/m1/s1. The quantitative estimate of drug-likeness (QED) is 0.377. The van der Waals surface area contributed by atoms with Crippen LogP contribution in [0.25, 0.3) is 0 Å². The van der Waals surface area contributed by atoms with E-state index in [1.807, 2.05) is 39.5 Å². The molecule has 10 nitrogen and oxygen atoms in total. The number of rotatable bonds is 12. The minimum absolute atomic E-state index is 0.0486. The smallest absolute Gasteiger partial charge is 0.410 e. The van der Waals surface area contributed by atoms with E-state index in [1.54, 1.807) is 37.3 Å². The van der Waals surface area contributed by atoms with Gasteiger partial charge in [-0.3, -0.25) is 9.59 Å². The van der Waals surface area contributed by atoms with Crippen molar-refractivity contribution in [1.29, 1.82) is 0 Å². The highest BCUT2D eigenvalue weighted by Crippen LogP contribution is 2.32. The molecule has 0 unspecified atom stereocenters. The van der Waals surface area contributed by atoms with E-state index in [0.29, 0.717) is 49.5 Å². The Balaban J connectivity index is 1.80. The maximum absolute atomic E-state index is 13.9. The van der Waals surface area contributed by atoms with E-state index < -0.39 is 11.7 Å². The monoisotopic (exact) mass is 561 g/mol. The lowest BCUT2D eigenvalue weighted by Gasteiger charge is -2.45. The number of piperidine rings is 1. The Morgan fingerprint density at radius 3 is 2.38 bits per heavy atom. The van der Waals surface area contributed by atoms with Crippen LogP contribution in [0.15, 0.2) is 18.2 Å². The van der Waals surface area contributed by atoms with E-state index in [-0.39, 0.29) is 48.9 Å². The van der Waals surface area contributed by atoms with E-state index in [4.69, 9.17) is 18.9 Å². The van der Waals surface area contributed by atoms with Crippen LogP contribution in [0.1, 0.15) is 83.5 Å². The van der Waals surface area contributed by atoms with Gasteiger partial charge in [-0.05, 0) is 78.5 Å². The highest BCUT2D eigenvalue weighted by Gasteiger charge is 2.40. The lowest BCUT2D eigenvalue weighted by atomic mass is 9.93. The third-order valence-electron chi connectivity index (χ3n) is 7.02. The van der Waals surface area contributed by atoms with Crippen LogP contribution in [0.4, 0.5) is 4.79 Å². The summed E-state index contributed by atoms with van der Waals surface area (Å²) < 4.78 is 22.2. The molecule has 1 aromatic rings. The minimum atomic E-state index is -0.679. The largest absolute Gasteiger partial charge is 0.493 e. The molecule has 2 aliphatic rings. The molecule has 1 aliphatic heterocycles. The summed E-state index contributed by atoms with van der Waals surface area (Å²) in [7, 11) is 3.20. The first-order valence-electron chi connectivity index (χ1n) is 14.3. The van der Waals surface area contributed by atoms with Crippen molar-refractivity contribution in [3.63, 3.8) is 0 Å². The summed E-state index contributed by atoms with van der Waals surface area (Å²) in [5, 5.41) is 3.03. The average molecular weight is 562 g/mol. The van der Waals surface area contributed by atoms with Crippen LogP contribution in [-0.2, 0) is 14.3 Å². The summed E-state index contributed by atoms with van der Waals surface area (Å²) in [5.41, 5.74) is -0.202. The topological polar surface area (TPSA) is 107 Å². The number of methoxy groups -OCH3 is 2. The van der Waals surface area contributed by atoms with E-state index in [2.05, 4.69) is 5.32 Å². The zero-order valence-electron chi connectivity index (χ0n) is 25.2. The molecule has 1 saturated carbocycles. The number of hydrogen-bond acceptors (Lipinski definition) is 7. The fraction of sp³-hybridized carbons (Fsp3) is 0.700. The van der Waals surface area contributed by atoms with Crippen LogP contribution >= 0.6 is 0 Å². The molecule has 0 bridgehead atoms. The number of carbonyl (C=O) groups excluding carboxylic acids is 3. The fourth-order valence-electron chi connectivity index (χ4n) is 5.00. The van der Waals surface area contributed by atoms with Gasteiger partial charge in [0, 0.05) is 56.8 Å². The number of nitrogens with zero attached hydrogens (tertiary/aromatic N) is 2. The van der Waals surface area contributed by atoms with E-state index in [9.17, 15) is 14.4 Å². The Labute approximate surface area is 238 Å². The van der Waals surface area contributed by atoms with Crippen molar-refractivity contribution >= 4 is 17.9 Å². The van der Waals surface area contributed by atoms with Gasteiger partial charge in [0.15, 0.2) is 11.5 Å². The highest BCUT2D eigenvalue weighted by atomic mass is 16.6. The zero-order chi connectivity index (χ0) is 29.4. The molecule has 0 radical (unpaired) electrons. The first-order valence-corrected chi connectivity index (χ1v) is 14.3. The molecule has 10 heteroatoms. The molecule has 1 aromatic carbocycles. The maximum atomic E-state index is 13.9. The molecular weight excluding hydrogens is 514 g/mol. The van der Waals surface area contributed by atoms with E-state index in [1.165, 1.54) is 0 Å². The van der Waals surface area contributed by atoms with Crippen molar-refractivity contribution < 1.29 is 33.3 Å². The van der Waals surface area contributed by atoms with Gasteiger partial charge in [-0.15, -0.1) is 0 Å². The van der Waals surface area contributed by atoms with Crippen molar-refractivity contribution in [3.05, 3.63) is 23.8 Å². The predicted molar refractivity (Wildman–Crippen MR) is 152 cm³/mol. The second-order valence-electron chi connectivity index (χ2n) is 11.9. The molecule has 3 rings (SSSR count). The lowest BCUT2D eigenvalue weighted by molar-refractivity contribution is -0.122. The normalized spacial score (nSPS) is 19.2. The van der Waals surface area contributed by atoms with Crippen molar-refractivity contribution in [1.82, 2.24) is 15.1 Å². The summed E-state index contributed by atoms with van der Waals surface area (Å²) in [6.45, 7) is 10.7. The molecule has 2 atom stereocenters. The van der Waals surface area contributed by atoms with Gasteiger partial charge in [0.05, 0.1) is 19.8 Å². The van der Waals surface area contributed by atoms with Gasteiger partial charge in [0.2, 0.25) is 5.91 Å². The second kappa shape index (κ2) is 14.1. The van der Waals surface area contributed by atoms with Gasteiger partial charge in [-0.2, -0.15) is 0 Å². The van der Waals surface area contributed by atoms with Crippen molar-refractivity contribution in [2.75, 3.05) is 34.0 Å². The molecule has 1 aliphatic carbocycles. The zero-order valence-corrected chi connectivity index (χ0v) is 25.2. The number of benzene rings is 1. The molecule has 224 valence electrons. The highest BCUT2D eigenvalue weighted by molar-refractivity contribution is 5.95. The number of likely N-dealkylation sites (tertiary alicyclic amines) is 1. The number of carbonyl (C=O) groups is 3. The van der Waals surface area contributed by atoms with Crippen LogP contribution in [0.5, 0.6) is 11.5 Å². The molecule has 0 spiro atoms. The van der Waals surface area contributed by atoms with Gasteiger partial charge in [-0.1, -0.05) is 0 Å². The van der Waals surface area contributed by atoms with Crippen LogP contribution < -0.4 is 14.8 Å². The molecule has 3 amide bonds. The first-order chi connectivity index (χ1) is 18.9. The molecule has 1 heterocycles. The average Bonchev–Trinajstić information content (AvgIpc) is 3.70. The van der Waals surface area contributed by atoms with Crippen molar-refractivity contribution in [2.24, 2.45) is 0 Å². The van der Waals surface area contributed by atoms with Crippen molar-refractivity contribution in [2.45, 2.75) is 103 Å². The number of amides is 3. The third kappa shape index (κ3) is 9.01. The minimum Gasteiger partial charge on any atom is -0.493 e. The third-order valence-corrected chi connectivity index (χ3v) is 7.02. The maximum Gasteiger partial charge on any atom is 0.410 e. The van der Waals surface area contributed by atoms with Crippen LogP contribution in [0.3, 0.4) is 0 Å². The number of hydrogen-bond donors (Lipinski definition) is 1. The Kier molecular flexibility index (Phi) is 11.1. The Morgan fingerprint density at radius 1 is 1.05 bits per heavy atom. The van der Waals surface area contributed by atoms with Gasteiger partial charge in [-0.25, -0.2) is 4.79 Å². The van der Waals surface area contributed by atoms with E-state index in [0.717, 1.165) is 12.8 Å². The van der Waals surface area contributed by atoms with Gasteiger partial charge >= 0.3 is 6.09 Å². The number of ether oxygens (including phenoxy) is 4. The summed E-state index contributed by atoms with van der Waals surface area (Å²) in [6, 6.07) is 4.78. The van der Waals surface area contributed by atoms with Gasteiger partial charge < -0.3 is 34.1 Å². The Bertz CT molecular complexity index is 1020. The van der Waals surface area contributed by atoms with Crippen LogP contribution in [0, 0.1) is 0 Å². The van der Waals surface area contributed by atoms with Gasteiger partial charge in [0.1, 0.15) is 5.60 Å². The SMILES string of the molecule is COCCCOc1cc(C(=O)N(C(C)C)[C@@H]2CC[C@H](CC(=O)NC3CC3)N(C(=O)OC(C)(C)C)C2)ccc1OC. The second-order valence-corrected chi connectivity index (χ2v) is 11.9. The molecule has 40 heavy (non-hydrogen) atoms. The number of nitrogens with one attached hydrogen (secondary N) is 1. The Morgan fingerprint density at radius 2 is 1.77 bits per heavy atom. The summed E-state index contributed by atoms with van der Waals surface area (Å²) in [4.78, 5) is 43.3. The van der Waals surface area contributed by atoms with Gasteiger partial charge in [0.25, 0.3) is 5.91 Å². The van der Waals surface area contributed by atoms with Crippen LogP contribution in [-0.4, -0.2) is 91.5 Å². The molecule has 1 N–H and O–H groups in total. The van der Waals surface area contributed by atoms with E-state index >= 15 is 0 Å². The molecule has 1 saturated heterocycles. The summed E-state index contributed by atoms with van der Waals surface area (Å²) in [6.07, 6.45) is 3.74. The summed E-state index contributed by atoms with van der Waals surface area (Å²) >= 11 is 0.